The molecule has 0 aromatic heterocycles. The summed E-state index contributed by atoms with van der Waals surface area (Å²) in [6.07, 6.45) is 0. The van der Waals surface area contributed by atoms with Gasteiger partial charge in [-0.25, -0.2) is 12.8 Å². The molecule has 0 unspecified atom stereocenters. The summed E-state index contributed by atoms with van der Waals surface area (Å²) in [6.45, 7) is 1.62. The van der Waals surface area contributed by atoms with E-state index in [1.54, 1.807) is 19.1 Å². The van der Waals surface area contributed by atoms with E-state index in [1.807, 2.05) is 0 Å². The first-order valence-electron chi connectivity index (χ1n) is 5.99. The average molecular weight is 324 g/mol. The Balaban J connectivity index is 2.44. The Hall–Kier alpha value is -1.99. The molecule has 0 aliphatic carbocycles. The van der Waals surface area contributed by atoms with E-state index in [1.165, 1.54) is 30.3 Å². The third-order valence-electron chi connectivity index (χ3n) is 2.89. The van der Waals surface area contributed by atoms with Crippen molar-refractivity contribution >= 4 is 32.9 Å². The minimum Gasteiger partial charge on any atom is -0.389 e. The predicted molar refractivity (Wildman–Crippen MR) is 84.3 cm³/mol. The van der Waals surface area contributed by atoms with Crippen molar-refractivity contribution in [1.82, 2.24) is 0 Å². The van der Waals surface area contributed by atoms with Crippen LogP contribution < -0.4 is 10.5 Å². The molecule has 2 rings (SSSR count). The smallest absolute Gasteiger partial charge is 0.262 e. The lowest BCUT2D eigenvalue weighted by Gasteiger charge is -2.12. The van der Waals surface area contributed by atoms with Crippen LogP contribution in [-0.2, 0) is 10.0 Å². The molecule has 2 aromatic carbocycles. The molecule has 110 valence electrons. The van der Waals surface area contributed by atoms with Gasteiger partial charge in [-0.2, -0.15) is 0 Å². The summed E-state index contributed by atoms with van der Waals surface area (Å²) < 4.78 is 40.6. The maximum Gasteiger partial charge on any atom is 0.262 e. The van der Waals surface area contributed by atoms with Gasteiger partial charge >= 0.3 is 0 Å². The van der Waals surface area contributed by atoms with E-state index in [9.17, 15) is 12.8 Å². The second-order valence-electron chi connectivity index (χ2n) is 4.43. The van der Waals surface area contributed by atoms with Crippen LogP contribution in [0.1, 0.15) is 11.1 Å². The monoisotopic (exact) mass is 324 g/mol. The summed E-state index contributed by atoms with van der Waals surface area (Å²) >= 11 is 4.82. The number of nitrogens with two attached hydrogens (primary N) is 1. The summed E-state index contributed by atoms with van der Waals surface area (Å²) in [5.74, 6) is -0.635. The Labute approximate surface area is 127 Å². The Bertz CT molecular complexity index is 784. The van der Waals surface area contributed by atoms with Crippen molar-refractivity contribution in [3.63, 3.8) is 0 Å². The summed E-state index contributed by atoms with van der Waals surface area (Å²) in [5, 5.41) is 0. The molecule has 0 amide bonds. The summed E-state index contributed by atoms with van der Waals surface area (Å²) in [6, 6.07) is 10.2. The zero-order valence-electron chi connectivity index (χ0n) is 11.1. The number of halogens is 1. The number of para-hydroxylation sites is 1. The van der Waals surface area contributed by atoms with Crippen LogP contribution >= 0.6 is 12.2 Å². The normalized spacial score (nSPS) is 11.1. The highest BCUT2D eigenvalue weighted by Crippen LogP contribution is 2.23. The number of hydrogen-bond donors (Lipinski definition) is 2. The summed E-state index contributed by atoms with van der Waals surface area (Å²) in [4.78, 5) is 0.0598. The van der Waals surface area contributed by atoms with Crippen LogP contribution in [0.25, 0.3) is 0 Å². The van der Waals surface area contributed by atoms with Crippen LogP contribution in [0, 0.1) is 12.7 Å². The fourth-order valence-corrected chi connectivity index (χ4v) is 3.08. The Kier molecular flexibility index (Phi) is 4.24. The van der Waals surface area contributed by atoms with Gasteiger partial charge in [0.25, 0.3) is 10.0 Å². The Morgan fingerprint density at radius 3 is 2.52 bits per heavy atom. The van der Waals surface area contributed by atoms with Gasteiger partial charge in [0.1, 0.15) is 10.8 Å². The van der Waals surface area contributed by atoms with Gasteiger partial charge in [0, 0.05) is 5.56 Å². The molecule has 0 saturated heterocycles. The van der Waals surface area contributed by atoms with E-state index in [0.29, 0.717) is 11.1 Å². The first-order chi connectivity index (χ1) is 9.81. The Morgan fingerprint density at radius 1 is 1.24 bits per heavy atom. The molecule has 0 saturated carbocycles. The number of aryl methyl sites for hydroxylation is 1. The first kappa shape index (κ1) is 15.4. The molecule has 21 heavy (non-hydrogen) atoms. The van der Waals surface area contributed by atoms with Gasteiger partial charge in [0.2, 0.25) is 0 Å². The SMILES string of the molecule is Cc1cccc(F)c1NS(=O)(=O)c1cccc(C(N)=S)c1. The number of rotatable bonds is 4. The molecule has 7 heteroatoms. The molecule has 0 aliphatic rings. The molecule has 3 N–H and O–H groups in total. The number of sulfonamides is 1. The molecule has 0 atom stereocenters. The molecule has 0 aliphatic heterocycles. The van der Waals surface area contributed by atoms with Crippen LogP contribution in [0.3, 0.4) is 0 Å². The number of benzene rings is 2. The first-order valence-corrected chi connectivity index (χ1v) is 7.88. The fourth-order valence-electron chi connectivity index (χ4n) is 1.77. The molecular weight excluding hydrogens is 311 g/mol. The van der Waals surface area contributed by atoms with Gasteiger partial charge in [0.05, 0.1) is 10.6 Å². The highest BCUT2D eigenvalue weighted by Gasteiger charge is 2.18. The van der Waals surface area contributed by atoms with E-state index in [2.05, 4.69) is 4.72 Å². The predicted octanol–water partition coefficient (Wildman–Crippen LogP) is 2.57. The van der Waals surface area contributed by atoms with Crippen LogP contribution in [0.5, 0.6) is 0 Å². The van der Waals surface area contributed by atoms with Crippen molar-refractivity contribution in [2.24, 2.45) is 5.73 Å². The molecule has 0 radical (unpaired) electrons. The second-order valence-corrected chi connectivity index (χ2v) is 6.55. The molecule has 0 fully saturated rings. The molecule has 0 bridgehead atoms. The lowest BCUT2D eigenvalue weighted by atomic mass is 10.2. The van der Waals surface area contributed by atoms with Crippen molar-refractivity contribution in [3.8, 4) is 0 Å². The molecule has 4 nitrogen and oxygen atoms in total. The molecular formula is C14H13FN2O2S2. The quantitative estimate of drug-likeness (QED) is 0.848. The van der Waals surface area contributed by atoms with Crippen LogP contribution in [0.15, 0.2) is 47.4 Å². The molecule has 2 aromatic rings. The Morgan fingerprint density at radius 2 is 1.90 bits per heavy atom. The third-order valence-corrected chi connectivity index (χ3v) is 4.47. The lowest BCUT2D eigenvalue weighted by molar-refractivity contribution is 0.598. The fraction of sp³-hybridized carbons (Fsp3) is 0.0714. The van der Waals surface area contributed by atoms with E-state index in [4.69, 9.17) is 18.0 Å². The number of anilines is 1. The van der Waals surface area contributed by atoms with Gasteiger partial charge in [-0.1, -0.05) is 36.5 Å². The lowest BCUT2D eigenvalue weighted by Crippen LogP contribution is -2.16. The highest BCUT2D eigenvalue weighted by atomic mass is 32.2. The topological polar surface area (TPSA) is 72.2 Å². The average Bonchev–Trinajstić information content (AvgIpc) is 2.43. The van der Waals surface area contributed by atoms with Crippen molar-refractivity contribution in [1.29, 1.82) is 0 Å². The summed E-state index contributed by atoms with van der Waals surface area (Å²) in [5.41, 5.74) is 6.33. The summed E-state index contributed by atoms with van der Waals surface area (Å²) in [7, 11) is -3.92. The molecule has 0 heterocycles. The van der Waals surface area contributed by atoms with Crippen LogP contribution in [0.4, 0.5) is 10.1 Å². The highest BCUT2D eigenvalue weighted by molar-refractivity contribution is 7.92. The van der Waals surface area contributed by atoms with Gasteiger partial charge in [-0.3, -0.25) is 4.72 Å². The van der Waals surface area contributed by atoms with Gasteiger partial charge < -0.3 is 5.73 Å². The standard InChI is InChI=1S/C14H13FN2O2S2/c1-9-4-2-7-12(15)13(9)17-21(18,19)11-6-3-5-10(8-11)14(16)20/h2-8,17H,1H3,(H2,16,20). The van der Waals surface area contributed by atoms with Gasteiger partial charge in [0.15, 0.2) is 0 Å². The van der Waals surface area contributed by atoms with E-state index < -0.39 is 15.8 Å². The number of thiocarbonyl (C=S) groups is 1. The minimum absolute atomic E-state index is 0.0320. The van der Waals surface area contributed by atoms with E-state index in [0.717, 1.165) is 0 Å². The van der Waals surface area contributed by atoms with Crippen molar-refractivity contribution < 1.29 is 12.8 Å². The zero-order valence-corrected chi connectivity index (χ0v) is 12.8. The zero-order chi connectivity index (χ0) is 15.6. The van der Waals surface area contributed by atoms with Crippen molar-refractivity contribution in [2.45, 2.75) is 11.8 Å². The van der Waals surface area contributed by atoms with E-state index >= 15 is 0 Å². The van der Waals surface area contributed by atoms with E-state index in [-0.39, 0.29) is 15.6 Å². The van der Waals surface area contributed by atoms with Gasteiger partial charge in [-0.05, 0) is 30.7 Å². The number of hydrogen-bond acceptors (Lipinski definition) is 3. The number of nitrogens with one attached hydrogen (secondary N) is 1. The van der Waals surface area contributed by atoms with Crippen LogP contribution in [0.2, 0.25) is 0 Å². The maximum absolute atomic E-state index is 13.7. The van der Waals surface area contributed by atoms with Crippen LogP contribution in [-0.4, -0.2) is 13.4 Å². The van der Waals surface area contributed by atoms with Crippen molar-refractivity contribution in [2.75, 3.05) is 4.72 Å². The maximum atomic E-state index is 13.7. The minimum atomic E-state index is -3.92. The largest absolute Gasteiger partial charge is 0.389 e. The van der Waals surface area contributed by atoms with Gasteiger partial charge in [-0.15, -0.1) is 0 Å². The molecule has 0 spiro atoms. The van der Waals surface area contributed by atoms with Crippen molar-refractivity contribution in [3.05, 3.63) is 59.4 Å². The second kappa shape index (κ2) is 5.79. The third kappa shape index (κ3) is 3.37.